The monoisotopic (exact) mass is 395 g/mol. The molecule has 0 aliphatic carbocycles. The van der Waals surface area contributed by atoms with Gasteiger partial charge in [-0.1, -0.05) is 11.6 Å². The maximum Gasteiger partial charge on any atom is 0.410 e. The van der Waals surface area contributed by atoms with Crippen molar-refractivity contribution in [2.75, 3.05) is 6.54 Å². The van der Waals surface area contributed by atoms with Gasteiger partial charge in [0.15, 0.2) is 5.69 Å². The van der Waals surface area contributed by atoms with Crippen molar-refractivity contribution >= 4 is 23.7 Å². The van der Waals surface area contributed by atoms with Crippen molar-refractivity contribution in [3.63, 3.8) is 0 Å². The number of benzene rings is 1. The highest BCUT2D eigenvalue weighted by molar-refractivity contribution is 6.30. The van der Waals surface area contributed by atoms with Gasteiger partial charge in [0.25, 0.3) is 0 Å². The molecule has 144 valence electrons. The van der Waals surface area contributed by atoms with Crippen molar-refractivity contribution in [2.45, 2.75) is 39.5 Å². The number of nitrogens with zero attached hydrogens (tertiary/aromatic N) is 3. The Balaban J connectivity index is 2.00. The van der Waals surface area contributed by atoms with E-state index in [0.717, 1.165) is 6.07 Å². The van der Waals surface area contributed by atoms with Gasteiger partial charge in [-0.05, 0) is 39.0 Å². The first-order valence-corrected chi connectivity index (χ1v) is 8.70. The maximum absolute atomic E-state index is 14.3. The van der Waals surface area contributed by atoms with Crippen LogP contribution in [0.2, 0.25) is 5.02 Å². The topological polar surface area (TPSA) is 84.7 Å². The molecule has 27 heavy (non-hydrogen) atoms. The van der Waals surface area contributed by atoms with E-state index in [1.807, 2.05) is 0 Å². The predicted octanol–water partition coefficient (Wildman–Crippen LogP) is 3.79. The number of aromatic carboxylic acids is 1. The van der Waals surface area contributed by atoms with Crippen LogP contribution in [-0.2, 0) is 17.8 Å². The highest BCUT2D eigenvalue weighted by Gasteiger charge is 2.32. The fourth-order valence-corrected chi connectivity index (χ4v) is 3.06. The SMILES string of the molecule is CC(C)(C)OC(=O)N1CCn2c(-c3ccc(Cl)cc3F)nc(C(=O)O)c2C1. The van der Waals surface area contributed by atoms with Crippen LogP contribution in [0.15, 0.2) is 18.2 Å². The van der Waals surface area contributed by atoms with Crippen LogP contribution in [0.5, 0.6) is 0 Å². The lowest BCUT2D eigenvalue weighted by molar-refractivity contribution is 0.0197. The van der Waals surface area contributed by atoms with Gasteiger partial charge >= 0.3 is 12.1 Å². The second-order valence-electron chi connectivity index (χ2n) is 7.21. The lowest BCUT2D eigenvalue weighted by Crippen LogP contribution is -2.41. The van der Waals surface area contributed by atoms with Crippen molar-refractivity contribution in [3.8, 4) is 11.4 Å². The number of carbonyl (C=O) groups is 2. The lowest BCUT2D eigenvalue weighted by Gasteiger charge is -2.31. The molecule has 9 heteroatoms. The number of carboxylic acids is 1. The average molecular weight is 396 g/mol. The van der Waals surface area contributed by atoms with E-state index in [-0.39, 0.29) is 35.2 Å². The van der Waals surface area contributed by atoms with Gasteiger partial charge in [-0.2, -0.15) is 0 Å². The van der Waals surface area contributed by atoms with Crippen LogP contribution in [-0.4, -0.2) is 43.8 Å². The molecule has 1 aromatic carbocycles. The quantitative estimate of drug-likeness (QED) is 0.836. The van der Waals surface area contributed by atoms with Crippen molar-refractivity contribution in [2.24, 2.45) is 0 Å². The summed E-state index contributed by atoms with van der Waals surface area (Å²) in [7, 11) is 0. The second-order valence-corrected chi connectivity index (χ2v) is 7.65. The van der Waals surface area contributed by atoms with Crippen LogP contribution in [0.4, 0.5) is 9.18 Å². The normalized spacial score (nSPS) is 14.0. The van der Waals surface area contributed by atoms with Gasteiger partial charge in [0, 0.05) is 18.1 Å². The van der Waals surface area contributed by atoms with Crippen molar-refractivity contribution in [3.05, 3.63) is 40.4 Å². The number of rotatable bonds is 2. The van der Waals surface area contributed by atoms with Gasteiger partial charge in [0.1, 0.15) is 17.2 Å². The van der Waals surface area contributed by atoms with E-state index in [1.165, 1.54) is 17.0 Å². The molecular formula is C18H19ClFN3O4. The molecule has 3 rings (SSSR count). The fourth-order valence-electron chi connectivity index (χ4n) is 2.90. The minimum absolute atomic E-state index is 0.0127. The largest absolute Gasteiger partial charge is 0.476 e. The zero-order valence-corrected chi connectivity index (χ0v) is 15.9. The molecule has 2 heterocycles. The summed E-state index contributed by atoms with van der Waals surface area (Å²) in [5, 5.41) is 9.73. The Morgan fingerprint density at radius 2 is 2.00 bits per heavy atom. The number of hydrogen-bond donors (Lipinski definition) is 1. The van der Waals surface area contributed by atoms with Crippen LogP contribution in [0.1, 0.15) is 37.0 Å². The summed E-state index contributed by atoms with van der Waals surface area (Å²) in [6.07, 6.45) is -0.537. The van der Waals surface area contributed by atoms with E-state index in [4.69, 9.17) is 16.3 Å². The summed E-state index contributed by atoms with van der Waals surface area (Å²) < 4.78 is 21.3. The predicted molar refractivity (Wildman–Crippen MR) is 96.2 cm³/mol. The molecule has 1 aliphatic heterocycles. The third-order valence-electron chi connectivity index (χ3n) is 4.03. The third-order valence-corrected chi connectivity index (χ3v) is 4.27. The first-order chi connectivity index (χ1) is 12.6. The number of hydrogen-bond acceptors (Lipinski definition) is 4. The van der Waals surface area contributed by atoms with E-state index in [9.17, 15) is 19.1 Å². The summed E-state index contributed by atoms with van der Waals surface area (Å²) in [4.78, 5) is 29.5. The molecule has 7 nitrogen and oxygen atoms in total. The summed E-state index contributed by atoms with van der Waals surface area (Å²) >= 11 is 5.79. The van der Waals surface area contributed by atoms with Crippen LogP contribution < -0.4 is 0 Å². The van der Waals surface area contributed by atoms with Gasteiger partial charge in [-0.3, -0.25) is 0 Å². The highest BCUT2D eigenvalue weighted by atomic mass is 35.5. The summed E-state index contributed by atoms with van der Waals surface area (Å²) in [6, 6.07) is 4.12. The molecule has 1 N–H and O–H groups in total. The molecule has 1 aliphatic rings. The number of aromatic nitrogens is 2. The molecule has 0 spiro atoms. The Hall–Kier alpha value is -2.61. The lowest BCUT2D eigenvalue weighted by atomic mass is 10.2. The van der Waals surface area contributed by atoms with Gasteiger partial charge in [-0.25, -0.2) is 19.0 Å². The standard InChI is InChI=1S/C18H19ClFN3O4/c1-18(2,3)27-17(26)22-6-7-23-13(9-22)14(16(24)25)21-15(23)11-5-4-10(19)8-12(11)20/h4-5,8H,6-7,9H2,1-3H3,(H,24,25). The van der Waals surface area contributed by atoms with Crippen molar-refractivity contribution in [1.29, 1.82) is 0 Å². The molecule has 0 atom stereocenters. The molecule has 0 radical (unpaired) electrons. The van der Waals surface area contributed by atoms with Gasteiger partial charge in [-0.15, -0.1) is 0 Å². The Labute approximate surface area is 160 Å². The maximum atomic E-state index is 14.3. The number of halogens is 2. The molecular weight excluding hydrogens is 377 g/mol. The van der Waals surface area contributed by atoms with Gasteiger partial charge in [0.2, 0.25) is 0 Å². The van der Waals surface area contributed by atoms with E-state index >= 15 is 0 Å². The number of imidazole rings is 1. The molecule has 1 amide bonds. The van der Waals surface area contributed by atoms with E-state index in [0.29, 0.717) is 12.2 Å². The van der Waals surface area contributed by atoms with Gasteiger partial charge < -0.3 is 19.3 Å². The number of fused-ring (bicyclic) bond motifs is 1. The van der Waals surface area contributed by atoms with Crippen molar-refractivity contribution in [1.82, 2.24) is 14.5 Å². The average Bonchev–Trinajstić information content (AvgIpc) is 2.92. The first kappa shape index (κ1) is 19.2. The number of amides is 1. The molecule has 0 fully saturated rings. The van der Waals surface area contributed by atoms with E-state index in [1.54, 1.807) is 25.3 Å². The smallest absolute Gasteiger partial charge is 0.410 e. The number of carboxylic acid groups (broad SMARTS) is 1. The Morgan fingerprint density at radius 3 is 2.59 bits per heavy atom. The van der Waals surface area contributed by atoms with Crippen LogP contribution in [0, 0.1) is 5.82 Å². The second kappa shape index (κ2) is 6.84. The zero-order valence-electron chi connectivity index (χ0n) is 15.1. The van der Waals surface area contributed by atoms with E-state index in [2.05, 4.69) is 4.98 Å². The molecule has 1 aromatic heterocycles. The molecule has 0 saturated carbocycles. The molecule has 2 aromatic rings. The minimum Gasteiger partial charge on any atom is -0.476 e. The van der Waals surface area contributed by atoms with Crippen molar-refractivity contribution < 1.29 is 23.8 Å². The van der Waals surface area contributed by atoms with Crippen LogP contribution >= 0.6 is 11.6 Å². The van der Waals surface area contributed by atoms with E-state index < -0.39 is 23.5 Å². The van der Waals surface area contributed by atoms with Crippen LogP contribution in [0.25, 0.3) is 11.4 Å². The first-order valence-electron chi connectivity index (χ1n) is 8.33. The summed E-state index contributed by atoms with van der Waals surface area (Å²) in [5.41, 5.74) is -0.405. The molecule has 0 bridgehead atoms. The summed E-state index contributed by atoms with van der Waals surface area (Å²) in [6.45, 7) is 5.83. The molecule has 0 unspecified atom stereocenters. The third kappa shape index (κ3) is 3.90. The zero-order chi connectivity index (χ0) is 19.9. The highest BCUT2D eigenvalue weighted by Crippen LogP contribution is 2.30. The minimum atomic E-state index is -1.24. The Bertz CT molecular complexity index is 920. The number of ether oxygens (including phenoxy) is 1. The Kier molecular flexibility index (Phi) is 4.86. The fraction of sp³-hybridized carbons (Fsp3) is 0.389. The number of carbonyl (C=O) groups excluding carboxylic acids is 1. The van der Waals surface area contributed by atoms with Gasteiger partial charge in [0.05, 0.1) is 17.8 Å². The molecule has 0 saturated heterocycles. The Morgan fingerprint density at radius 1 is 1.30 bits per heavy atom. The van der Waals surface area contributed by atoms with Crippen LogP contribution in [0.3, 0.4) is 0 Å². The summed E-state index contributed by atoms with van der Waals surface area (Å²) in [5.74, 6) is -1.65.